The molecule has 1 saturated heterocycles. The molecule has 1 aromatic rings. The first kappa shape index (κ1) is 21.7. The second-order valence-corrected chi connectivity index (χ2v) is 8.21. The number of amides is 3. The molecule has 2 rings (SSSR count). The van der Waals surface area contributed by atoms with Gasteiger partial charge in [0.25, 0.3) is 0 Å². The first-order chi connectivity index (χ1) is 13.2. The van der Waals surface area contributed by atoms with Gasteiger partial charge in [-0.25, -0.2) is 4.79 Å². The lowest BCUT2D eigenvalue weighted by Crippen LogP contribution is -2.54. The zero-order valence-corrected chi connectivity index (χ0v) is 17.2. The van der Waals surface area contributed by atoms with Crippen LogP contribution in [0.25, 0.3) is 0 Å². The van der Waals surface area contributed by atoms with Crippen LogP contribution in [-0.4, -0.2) is 54.1 Å². The van der Waals surface area contributed by atoms with Crippen LogP contribution in [0.5, 0.6) is 0 Å². The molecule has 154 valence electrons. The lowest BCUT2D eigenvalue weighted by Gasteiger charge is -2.26. The van der Waals surface area contributed by atoms with E-state index in [0.29, 0.717) is 19.4 Å². The van der Waals surface area contributed by atoms with Crippen molar-refractivity contribution in [2.45, 2.75) is 64.1 Å². The summed E-state index contributed by atoms with van der Waals surface area (Å²) in [7, 11) is 1.74. The van der Waals surface area contributed by atoms with Crippen LogP contribution in [0.2, 0.25) is 0 Å². The van der Waals surface area contributed by atoms with Crippen molar-refractivity contribution in [3.8, 4) is 0 Å². The maximum atomic E-state index is 12.9. The van der Waals surface area contributed by atoms with Crippen LogP contribution in [0, 0.1) is 0 Å². The molecule has 0 radical (unpaired) electrons. The number of hydrogen-bond donors (Lipinski definition) is 2. The monoisotopic (exact) mass is 389 g/mol. The minimum Gasteiger partial charge on any atom is -0.444 e. The summed E-state index contributed by atoms with van der Waals surface area (Å²) in [5.74, 6) is -0.482. The SMILES string of the molecule is CN1CCCC[C@@H](NC(=O)[C@@H](Cc2ccccc2)NC(=O)OC(C)(C)C)C1=O. The van der Waals surface area contributed by atoms with E-state index in [1.54, 1.807) is 32.7 Å². The lowest BCUT2D eigenvalue weighted by molar-refractivity contribution is -0.135. The van der Waals surface area contributed by atoms with Crippen LogP contribution in [0.1, 0.15) is 45.6 Å². The number of nitrogens with zero attached hydrogens (tertiary/aromatic N) is 1. The molecule has 0 spiro atoms. The van der Waals surface area contributed by atoms with Crippen LogP contribution in [0.3, 0.4) is 0 Å². The van der Waals surface area contributed by atoms with E-state index < -0.39 is 23.8 Å². The highest BCUT2D eigenvalue weighted by Crippen LogP contribution is 2.12. The Kier molecular flexibility index (Phi) is 7.43. The van der Waals surface area contributed by atoms with Gasteiger partial charge >= 0.3 is 6.09 Å². The van der Waals surface area contributed by atoms with Crippen molar-refractivity contribution < 1.29 is 19.1 Å². The smallest absolute Gasteiger partial charge is 0.408 e. The number of likely N-dealkylation sites (tertiary alicyclic amines) is 1. The van der Waals surface area contributed by atoms with Crippen molar-refractivity contribution in [2.75, 3.05) is 13.6 Å². The number of alkyl carbamates (subject to hydrolysis) is 1. The first-order valence-electron chi connectivity index (χ1n) is 9.74. The van der Waals surface area contributed by atoms with Gasteiger partial charge in [0.05, 0.1) is 0 Å². The Labute approximate surface area is 166 Å². The number of rotatable bonds is 5. The molecular formula is C21H31N3O4. The van der Waals surface area contributed by atoms with Gasteiger partial charge in [0.15, 0.2) is 0 Å². The number of benzene rings is 1. The second kappa shape index (κ2) is 9.57. The summed E-state index contributed by atoms with van der Waals surface area (Å²) >= 11 is 0. The Morgan fingerprint density at radius 3 is 2.54 bits per heavy atom. The Hall–Kier alpha value is -2.57. The Morgan fingerprint density at radius 2 is 1.89 bits per heavy atom. The minimum atomic E-state index is -0.835. The molecule has 3 amide bonds. The molecule has 7 nitrogen and oxygen atoms in total. The lowest BCUT2D eigenvalue weighted by atomic mass is 10.0. The number of carbonyl (C=O) groups is 3. The molecule has 1 aliphatic rings. The predicted octanol–water partition coefficient (Wildman–Crippen LogP) is 2.25. The number of hydrogen-bond acceptors (Lipinski definition) is 4. The molecular weight excluding hydrogens is 358 g/mol. The van der Waals surface area contributed by atoms with E-state index in [-0.39, 0.29) is 11.8 Å². The van der Waals surface area contributed by atoms with Crippen molar-refractivity contribution in [2.24, 2.45) is 0 Å². The molecule has 28 heavy (non-hydrogen) atoms. The van der Waals surface area contributed by atoms with Gasteiger partial charge in [-0.15, -0.1) is 0 Å². The number of likely N-dealkylation sites (N-methyl/N-ethyl adjacent to an activating group) is 1. The van der Waals surface area contributed by atoms with E-state index in [1.807, 2.05) is 30.3 Å². The molecule has 0 unspecified atom stereocenters. The summed E-state index contributed by atoms with van der Waals surface area (Å²) in [5.41, 5.74) is 0.237. The number of nitrogens with one attached hydrogen (secondary N) is 2. The fraction of sp³-hybridized carbons (Fsp3) is 0.571. The van der Waals surface area contributed by atoms with Crippen LogP contribution in [0.15, 0.2) is 30.3 Å². The zero-order valence-electron chi connectivity index (χ0n) is 17.2. The van der Waals surface area contributed by atoms with E-state index in [2.05, 4.69) is 10.6 Å². The molecule has 1 aromatic carbocycles. The van der Waals surface area contributed by atoms with Gasteiger partial charge < -0.3 is 20.3 Å². The normalized spacial score (nSPS) is 18.8. The molecule has 0 aliphatic carbocycles. The summed E-state index contributed by atoms with van der Waals surface area (Å²) in [6.45, 7) is 5.98. The van der Waals surface area contributed by atoms with Crippen LogP contribution in [0.4, 0.5) is 4.79 Å². The summed E-state index contributed by atoms with van der Waals surface area (Å²) in [5, 5.41) is 5.48. The van der Waals surface area contributed by atoms with Gasteiger partial charge in [-0.2, -0.15) is 0 Å². The third-order valence-electron chi connectivity index (χ3n) is 4.52. The zero-order chi connectivity index (χ0) is 20.7. The first-order valence-corrected chi connectivity index (χ1v) is 9.74. The van der Waals surface area contributed by atoms with Crippen molar-refractivity contribution in [1.82, 2.24) is 15.5 Å². The van der Waals surface area contributed by atoms with E-state index in [1.165, 1.54) is 0 Å². The van der Waals surface area contributed by atoms with Gasteiger partial charge in [-0.3, -0.25) is 9.59 Å². The molecule has 7 heteroatoms. The second-order valence-electron chi connectivity index (χ2n) is 8.21. The third kappa shape index (κ3) is 6.87. The molecule has 0 bridgehead atoms. The summed E-state index contributed by atoms with van der Waals surface area (Å²) in [6.07, 6.45) is 2.03. The molecule has 0 saturated carbocycles. The number of ether oxygens (including phenoxy) is 1. The van der Waals surface area contributed by atoms with Crippen LogP contribution >= 0.6 is 0 Å². The molecule has 2 N–H and O–H groups in total. The summed E-state index contributed by atoms with van der Waals surface area (Å²) in [4.78, 5) is 39.3. The van der Waals surface area contributed by atoms with E-state index in [4.69, 9.17) is 4.74 Å². The Morgan fingerprint density at radius 1 is 1.21 bits per heavy atom. The maximum absolute atomic E-state index is 12.9. The molecule has 1 fully saturated rings. The van der Waals surface area contributed by atoms with E-state index >= 15 is 0 Å². The summed E-state index contributed by atoms with van der Waals surface area (Å²) < 4.78 is 5.30. The van der Waals surface area contributed by atoms with Gasteiger partial charge in [0.1, 0.15) is 17.7 Å². The molecule has 1 heterocycles. The average molecular weight is 389 g/mol. The largest absolute Gasteiger partial charge is 0.444 e. The highest BCUT2D eigenvalue weighted by atomic mass is 16.6. The third-order valence-corrected chi connectivity index (χ3v) is 4.52. The Bertz CT molecular complexity index is 685. The van der Waals surface area contributed by atoms with Crippen LogP contribution in [-0.2, 0) is 20.7 Å². The average Bonchev–Trinajstić information content (AvgIpc) is 2.76. The van der Waals surface area contributed by atoms with Gasteiger partial charge in [-0.1, -0.05) is 30.3 Å². The number of carbonyl (C=O) groups excluding carboxylic acids is 3. The molecule has 0 aromatic heterocycles. The fourth-order valence-corrected chi connectivity index (χ4v) is 3.11. The van der Waals surface area contributed by atoms with E-state index in [9.17, 15) is 14.4 Å². The highest BCUT2D eigenvalue weighted by molar-refractivity contribution is 5.91. The van der Waals surface area contributed by atoms with Crippen molar-refractivity contribution in [1.29, 1.82) is 0 Å². The standard InChI is InChI=1S/C21H31N3O4/c1-21(2,3)28-20(27)23-17(14-15-10-6-5-7-11-15)18(25)22-16-12-8-9-13-24(4)19(16)26/h5-7,10-11,16-17H,8-9,12-14H2,1-4H3,(H,22,25)(H,23,27)/t16-,17-/m1/s1. The summed E-state index contributed by atoms with van der Waals surface area (Å²) in [6, 6.07) is 8.02. The minimum absolute atomic E-state index is 0.0958. The molecule has 1 aliphatic heterocycles. The van der Waals surface area contributed by atoms with Crippen molar-refractivity contribution in [3.05, 3.63) is 35.9 Å². The maximum Gasteiger partial charge on any atom is 0.408 e. The predicted molar refractivity (Wildman–Crippen MR) is 107 cm³/mol. The van der Waals surface area contributed by atoms with Gasteiger partial charge in [0.2, 0.25) is 11.8 Å². The highest BCUT2D eigenvalue weighted by Gasteiger charge is 2.30. The quantitative estimate of drug-likeness (QED) is 0.809. The van der Waals surface area contributed by atoms with Crippen molar-refractivity contribution >= 4 is 17.9 Å². The fourth-order valence-electron chi connectivity index (χ4n) is 3.11. The van der Waals surface area contributed by atoms with Gasteiger partial charge in [0, 0.05) is 20.0 Å². The molecule has 2 atom stereocenters. The van der Waals surface area contributed by atoms with Crippen LogP contribution < -0.4 is 10.6 Å². The van der Waals surface area contributed by atoms with E-state index in [0.717, 1.165) is 18.4 Å². The van der Waals surface area contributed by atoms with Crippen molar-refractivity contribution in [3.63, 3.8) is 0 Å². The van der Waals surface area contributed by atoms with Gasteiger partial charge in [-0.05, 0) is 45.6 Å². The Balaban J connectivity index is 2.11. The topological polar surface area (TPSA) is 87.7 Å².